The Bertz CT molecular complexity index is 936. The number of hydrogen-bond donors (Lipinski definition) is 1. The molecule has 0 spiro atoms. The quantitative estimate of drug-likeness (QED) is 0.697. The monoisotopic (exact) mass is 454 g/mol. The van der Waals surface area contributed by atoms with Gasteiger partial charge in [-0.1, -0.05) is 32.0 Å². The Kier molecular flexibility index (Phi) is 7.60. The van der Waals surface area contributed by atoms with Gasteiger partial charge in [0.15, 0.2) is 0 Å². The average molecular weight is 455 g/mol. The standard InChI is InChI=1S/C25H34N4O2S/c1-3-19-7-5-6-8-21(19)26-24(30)17-27-12-14-28(15-13-27)25(31)18-29-11-9-23-20(10-16-32-23)22(29)4-2/h5-8,10,16,22H,3-4,9,11-15,17-18H2,1-2H3,(H,26,30). The zero-order valence-electron chi connectivity index (χ0n) is 19.2. The first kappa shape index (κ1) is 23.0. The molecule has 1 saturated heterocycles. The maximum atomic E-state index is 13.0. The van der Waals surface area contributed by atoms with Crippen LogP contribution in [0.4, 0.5) is 5.69 Å². The third-order valence-electron chi connectivity index (χ3n) is 6.70. The maximum absolute atomic E-state index is 13.0. The predicted octanol–water partition coefficient (Wildman–Crippen LogP) is 3.40. The number of benzene rings is 1. The van der Waals surface area contributed by atoms with Crippen molar-refractivity contribution in [1.29, 1.82) is 0 Å². The summed E-state index contributed by atoms with van der Waals surface area (Å²) < 4.78 is 0. The third kappa shape index (κ3) is 5.22. The van der Waals surface area contributed by atoms with E-state index in [1.54, 1.807) is 0 Å². The summed E-state index contributed by atoms with van der Waals surface area (Å²) in [6, 6.07) is 10.5. The summed E-state index contributed by atoms with van der Waals surface area (Å²) in [6.07, 6.45) is 2.96. The second-order valence-corrected chi connectivity index (χ2v) is 9.66. The molecular formula is C25H34N4O2S. The van der Waals surface area contributed by atoms with Crippen LogP contribution in [0.2, 0.25) is 0 Å². The second-order valence-electron chi connectivity index (χ2n) is 8.66. The molecule has 0 aliphatic carbocycles. The van der Waals surface area contributed by atoms with E-state index in [2.05, 4.69) is 40.4 Å². The van der Waals surface area contributed by atoms with Crippen LogP contribution in [0.3, 0.4) is 0 Å². The molecular weight excluding hydrogens is 420 g/mol. The van der Waals surface area contributed by atoms with E-state index in [0.29, 0.717) is 32.2 Å². The van der Waals surface area contributed by atoms with Crippen LogP contribution in [0.1, 0.15) is 42.3 Å². The molecule has 1 aromatic carbocycles. The predicted molar refractivity (Wildman–Crippen MR) is 130 cm³/mol. The zero-order chi connectivity index (χ0) is 22.5. The van der Waals surface area contributed by atoms with E-state index in [9.17, 15) is 9.59 Å². The summed E-state index contributed by atoms with van der Waals surface area (Å²) in [4.78, 5) is 33.5. The zero-order valence-corrected chi connectivity index (χ0v) is 20.0. The van der Waals surface area contributed by atoms with Crippen molar-refractivity contribution >= 4 is 28.8 Å². The van der Waals surface area contributed by atoms with Crippen molar-refractivity contribution < 1.29 is 9.59 Å². The van der Waals surface area contributed by atoms with E-state index >= 15 is 0 Å². The number of para-hydroxylation sites is 1. The Morgan fingerprint density at radius 3 is 2.56 bits per heavy atom. The molecule has 6 nitrogen and oxygen atoms in total. The van der Waals surface area contributed by atoms with Gasteiger partial charge >= 0.3 is 0 Å². The molecule has 1 unspecified atom stereocenters. The molecule has 172 valence electrons. The highest BCUT2D eigenvalue weighted by atomic mass is 32.1. The van der Waals surface area contributed by atoms with E-state index in [4.69, 9.17) is 0 Å². The largest absolute Gasteiger partial charge is 0.339 e. The second kappa shape index (κ2) is 10.6. The molecule has 0 radical (unpaired) electrons. The number of amides is 2. The summed E-state index contributed by atoms with van der Waals surface area (Å²) in [5.74, 6) is 0.222. The van der Waals surface area contributed by atoms with E-state index in [0.717, 1.165) is 50.1 Å². The average Bonchev–Trinajstić information content (AvgIpc) is 3.28. The smallest absolute Gasteiger partial charge is 0.238 e. The third-order valence-corrected chi connectivity index (χ3v) is 7.69. The van der Waals surface area contributed by atoms with Crippen LogP contribution in [-0.2, 0) is 22.4 Å². The molecule has 1 N–H and O–H groups in total. The molecule has 0 saturated carbocycles. The number of rotatable bonds is 7. The first-order valence-electron chi connectivity index (χ1n) is 11.8. The number of nitrogens with one attached hydrogen (secondary N) is 1. The molecule has 1 atom stereocenters. The SMILES string of the molecule is CCc1ccccc1NC(=O)CN1CCN(C(=O)CN2CCc3sccc3C2CC)CC1. The number of aryl methyl sites for hydroxylation is 1. The minimum absolute atomic E-state index is 0.0105. The minimum atomic E-state index is 0.0105. The molecule has 32 heavy (non-hydrogen) atoms. The minimum Gasteiger partial charge on any atom is -0.339 e. The number of piperazine rings is 1. The van der Waals surface area contributed by atoms with Crippen molar-refractivity contribution in [3.8, 4) is 0 Å². The van der Waals surface area contributed by atoms with Gasteiger partial charge in [0, 0.05) is 49.3 Å². The Labute approximate surface area is 195 Å². The van der Waals surface area contributed by atoms with E-state index < -0.39 is 0 Å². The number of anilines is 1. The van der Waals surface area contributed by atoms with Crippen LogP contribution in [0.5, 0.6) is 0 Å². The molecule has 0 bridgehead atoms. The van der Waals surface area contributed by atoms with Gasteiger partial charge in [-0.25, -0.2) is 0 Å². The summed E-state index contributed by atoms with van der Waals surface area (Å²) >= 11 is 1.84. The number of carbonyl (C=O) groups is 2. The van der Waals surface area contributed by atoms with Crippen LogP contribution in [0.25, 0.3) is 0 Å². The molecule has 2 amide bonds. The van der Waals surface area contributed by atoms with Gasteiger partial charge in [-0.2, -0.15) is 0 Å². The van der Waals surface area contributed by atoms with E-state index in [1.165, 1.54) is 10.4 Å². The van der Waals surface area contributed by atoms with Gasteiger partial charge in [-0.3, -0.25) is 19.4 Å². The van der Waals surface area contributed by atoms with Crippen molar-refractivity contribution in [3.05, 3.63) is 51.7 Å². The summed E-state index contributed by atoms with van der Waals surface area (Å²) in [5, 5.41) is 5.22. The molecule has 3 heterocycles. The number of fused-ring (bicyclic) bond motifs is 1. The fourth-order valence-electron chi connectivity index (χ4n) is 4.89. The summed E-state index contributed by atoms with van der Waals surface area (Å²) in [6.45, 7) is 8.95. The van der Waals surface area contributed by atoms with Gasteiger partial charge in [-0.15, -0.1) is 11.3 Å². The van der Waals surface area contributed by atoms with Crippen molar-refractivity contribution in [2.45, 2.75) is 39.2 Å². The van der Waals surface area contributed by atoms with Gasteiger partial charge in [0.1, 0.15) is 0 Å². The van der Waals surface area contributed by atoms with Gasteiger partial charge in [0.2, 0.25) is 11.8 Å². The lowest BCUT2D eigenvalue weighted by Crippen LogP contribution is -2.53. The summed E-state index contributed by atoms with van der Waals surface area (Å²) in [5.41, 5.74) is 3.46. The Morgan fingerprint density at radius 2 is 1.81 bits per heavy atom. The molecule has 7 heteroatoms. The van der Waals surface area contributed by atoms with Crippen molar-refractivity contribution in [2.24, 2.45) is 0 Å². The van der Waals surface area contributed by atoms with Crippen LogP contribution >= 0.6 is 11.3 Å². The molecule has 2 aliphatic rings. The molecule has 1 fully saturated rings. The van der Waals surface area contributed by atoms with Crippen LogP contribution in [-0.4, -0.2) is 72.3 Å². The van der Waals surface area contributed by atoms with Gasteiger partial charge in [0.05, 0.1) is 13.1 Å². The molecule has 4 rings (SSSR count). The van der Waals surface area contributed by atoms with Gasteiger partial charge in [-0.05, 0) is 47.9 Å². The molecule has 1 aromatic heterocycles. The molecule has 2 aromatic rings. The van der Waals surface area contributed by atoms with Crippen molar-refractivity contribution in [3.63, 3.8) is 0 Å². The fraction of sp³-hybridized carbons (Fsp3) is 0.520. The highest BCUT2D eigenvalue weighted by molar-refractivity contribution is 7.10. The summed E-state index contributed by atoms with van der Waals surface area (Å²) in [7, 11) is 0. The van der Waals surface area contributed by atoms with Crippen molar-refractivity contribution in [2.75, 3.05) is 51.1 Å². The Hall–Kier alpha value is -2.22. The lowest BCUT2D eigenvalue weighted by atomic mass is 9.98. The molecule has 2 aliphatic heterocycles. The fourth-order valence-corrected chi connectivity index (χ4v) is 5.82. The lowest BCUT2D eigenvalue weighted by Gasteiger charge is -2.38. The van der Waals surface area contributed by atoms with E-state index in [-0.39, 0.29) is 11.8 Å². The van der Waals surface area contributed by atoms with E-state index in [1.807, 2.05) is 40.5 Å². The first-order chi connectivity index (χ1) is 15.6. The van der Waals surface area contributed by atoms with Gasteiger partial charge in [0.25, 0.3) is 0 Å². The topological polar surface area (TPSA) is 55.9 Å². The van der Waals surface area contributed by atoms with Crippen LogP contribution in [0.15, 0.2) is 35.7 Å². The van der Waals surface area contributed by atoms with Crippen LogP contribution in [0, 0.1) is 0 Å². The Balaban J connectivity index is 1.25. The lowest BCUT2D eigenvalue weighted by molar-refractivity contribution is -0.135. The number of carbonyl (C=O) groups excluding carboxylic acids is 2. The normalized spacial score (nSPS) is 19.6. The first-order valence-corrected chi connectivity index (χ1v) is 12.6. The Morgan fingerprint density at radius 1 is 1.03 bits per heavy atom. The highest BCUT2D eigenvalue weighted by Crippen LogP contribution is 2.35. The highest BCUT2D eigenvalue weighted by Gasteiger charge is 2.30. The van der Waals surface area contributed by atoms with Crippen LogP contribution < -0.4 is 5.32 Å². The number of thiophene rings is 1. The van der Waals surface area contributed by atoms with Crippen molar-refractivity contribution in [1.82, 2.24) is 14.7 Å². The number of hydrogen-bond acceptors (Lipinski definition) is 5. The maximum Gasteiger partial charge on any atom is 0.238 e. The number of nitrogens with zero attached hydrogens (tertiary/aromatic N) is 3. The van der Waals surface area contributed by atoms with Gasteiger partial charge < -0.3 is 10.2 Å².